The molecule has 0 bridgehead atoms. The van der Waals surface area contributed by atoms with Gasteiger partial charge in [0.05, 0.1) is 6.61 Å². The van der Waals surface area contributed by atoms with Crippen molar-refractivity contribution < 1.29 is 5.11 Å². The van der Waals surface area contributed by atoms with Crippen LogP contribution in [0.25, 0.3) is 0 Å². The van der Waals surface area contributed by atoms with Crippen molar-refractivity contribution in [3.63, 3.8) is 0 Å². The summed E-state index contributed by atoms with van der Waals surface area (Å²) in [7, 11) is 2.12. The van der Waals surface area contributed by atoms with Crippen LogP contribution >= 0.6 is 24.0 Å². The van der Waals surface area contributed by atoms with Gasteiger partial charge in [-0.3, -0.25) is 0 Å². The molecule has 1 unspecified atom stereocenters. The van der Waals surface area contributed by atoms with Gasteiger partial charge in [-0.05, 0) is 26.4 Å². The maximum atomic E-state index is 9.04. The number of aliphatic hydroxyl groups is 1. The lowest BCUT2D eigenvalue weighted by atomic mass is 10.0. The average molecular weight is 285 g/mol. The predicted molar refractivity (Wildman–Crippen MR) is 62.0 cm³/mol. The summed E-state index contributed by atoms with van der Waals surface area (Å²) in [6.07, 6.45) is 6.47. The number of hydrogen-bond acceptors (Lipinski definition) is 2. The molecule has 1 heterocycles. The Kier molecular flexibility index (Phi) is 7.48. The molecular weight excluding hydrogens is 265 g/mol. The quantitative estimate of drug-likeness (QED) is 0.743. The Hall–Kier alpha value is 0.650. The molecule has 0 radical (unpaired) electrons. The second-order valence-electron chi connectivity index (χ2n) is 3.52. The molecule has 0 amide bonds. The topological polar surface area (TPSA) is 23.5 Å². The molecule has 0 aromatic carbocycles. The van der Waals surface area contributed by atoms with Crippen LogP contribution < -0.4 is 0 Å². The van der Waals surface area contributed by atoms with Crippen LogP contribution in [0, 0.1) is 0 Å². The summed E-state index contributed by atoms with van der Waals surface area (Å²) >= 11 is 0. The summed E-state index contributed by atoms with van der Waals surface area (Å²) in [5.41, 5.74) is 0. The summed E-state index contributed by atoms with van der Waals surface area (Å²) in [5.74, 6) is 0. The number of halogens is 1. The molecule has 1 saturated heterocycles. The summed E-state index contributed by atoms with van der Waals surface area (Å²) in [4.78, 5) is 2.29. The minimum Gasteiger partial charge on any atom is -0.395 e. The van der Waals surface area contributed by atoms with Gasteiger partial charge >= 0.3 is 0 Å². The molecule has 74 valence electrons. The molecule has 1 atom stereocenters. The van der Waals surface area contributed by atoms with Crippen molar-refractivity contribution in [3.8, 4) is 0 Å². The maximum Gasteiger partial charge on any atom is 0.0586 e. The summed E-state index contributed by atoms with van der Waals surface area (Å²) < 4.78 is 0. The van der Waals surface area contributed by atoms with Crippen LogP contribution in [0.15, 0.2) is 0 Å². The van der Waals surface area contributed by atoms with E-state index in [2.05, 4.69) is 11.9 Å². The minimum absolute atomic E-state index is 0. The molecule has 0 aromatic heterocycles. The average Bonchev–Trinajstić information content (AvgIpc) is 1.98. The first-order valence-corrected chi connectivity index (χ1v) is 4.65. The monoisotopic (exact) mass is 285 g/mol. The SMILES string of the molecule is CN1CCCCCCC1CO.I. The van der Waals surface area contributed by atoms with Gasteiger partial charge in [0.15, 0.2) is 0 Å². The van der Waals surface area contributed by atoms with E-state index in [1.165, 1.54) is 32.1 Å². The molecular formula is C9H20INO. The zero-order valence-corrected chi connectivity index (χ0v) is 10.2. The lowest BCUT2D eigenvalue weighted by Crippen LogP contribution is -2.36. The first kappa shape index (κ1) is 12.7. The van der Waals surface area contributed by atoms with E-state index < -0.39 is 0 Å². The molecule has 1 N–H and O–H groups in total. The lowest BCUT2D eigenvalue weighted by molar-refractivity contribution is 0.128. The van der Waals surface area contributed by atoms with Gasteiger partial charge in [0, 0.05) is 6.04 Å². The highest BCUT2D eigenvalue weighted by Gasteiger charge is 2.14. The van der Waals surface area contributed by atoms with Crippen LogP contribution in [-0.2, 0) is 0 Å². The third-order valence-corrected chi connectivity index (χ3v) is 2.63. The van der Waals surface area contributed by atoms with Crippen molar-refractivity contribution in [2.45, 2.75) is 38.1 Å². The van der Waals surface area contributed by atoms with E-state index in [-0.39, 0.29) is 24.0 Å². The molecule has 1 fully saturated rings. The molecule has 0 aliphatic carbocycles. The lowest BCUT2D eigenvalue weighted by Gasteiger charge is -2.28. The molecule has 1 rings (SSSR count). The number of likely N-dealkylation sites (tertiary alicyclic amines) is 1. The Morgan fingerprint density at radius 2 is 1.92 bits per heavy atom. The molecule has 3 heteroatoms. The van der Waals surface area contributed by atoms with Crippen molar-refractivity contribution in [1.29, 1.82) is 0 Å². The van der Waals surface area contributed by atoms with Crippen molar-refractivity contribution in [2.24, 2.45) is 0 Å². The van der Waals surface area contributed by atoms with Gasteiger partial charge in [0.25, 0.3) is 0 Å². The zero-order chi connectivity index (χ0) is 8.10. The van der Waals surface area contributed by atoms with Crippen molar-refractivity contribution in [2.75, 3.05) is 20.2 Å². The Morgan fingerprint density at radius 3 is 2.58 bits per heavy atom. The van der Waals surface area contributed by atoms with Crippen LogP contribution in [0.5, 0.6) is 0 Å². The molecule has 0 spiro atoms. The Morgan fingerprint density at radius 1 is 1.25 bits per heavy atom. The van der Waals surface area contributed by atoms with Crippen LogP contribution in [0.4, 0.5) is 0 Å². The first-order valence-electron chi connectivity index (χ1n) is 4.65. The zero-order valence-electron chi connectivity index (χ0n) is 7.83. The second-order valence-corrected chi connectivity index (χ2v) is 3.52. The van der Waals surface area contributed by atoms with Gasteiger partial charge in [0.2, 0.25) is 0 Å². The molecule has 1 aliphatic heterocycles. The fourth-order valence-corrected chi connectivity index (χ4v) is 1.73. The predicted octanol–water partition coefficient (Wildman–Crippen LogP) is 1.86. The second kappa shape index (κ2) is 7.09. The van der Waals surface area contributed by atoms with Gasteiger partial charge in [0.1, 0.15) is 0 Å². The fraction of sp³-hybridized carbons (Fsp3) is 1.00. The minimum atomic E-state index is 0. The van der Waals surface area contributed by atoms with Crippen molar-refractivity contribution in [1.82, 2.24) is 4.90 Å². The highest BCUT2D eigenvalue weighted by molar-refractivity contribution is 14.0. The van der Waals surface area contributed by atoms with Crippen LogP contribution in [0.1, 0.15) is 32.1 Å². The third-order valence-electron chi connectivity index (χ3n) is 2.63. The molecule has 12 heavy (non-hydrogen) atoms. The maximum absolute atomic E-state index is 9.04. The molecule has 2 nitrogen and oxygen atoms in total. The number of nitrogens with zero attached hydrogens (tertiary/aromatic N) is 1. The van der Waals surface area contributed by atoms with Gasteiger partial charge in [-0.2, -0.15) is 0 Å². The highest BCUT2D eigenvalue weighted by atomic mass is 127. The number of likely N-dealkylation sites (N-methyl/N-ethyl adjacent to an activating group) is 1. The van der Waals surface area contributed by atoms with E-state index >= 15 is 0 Å². The van der Waals surface area contributed by atoms with Gasteiger partial charge in [-0.1, -0.05) is 19.3 Å². The van der Waals surface area contributed by atoms with Gasteiger partial charge in [-0.25, -0.2) is 0 Å². The van der Waals surface area contributed by atoms with E-state index in [0.29, 0.717) is 12.6 Å². The molecule has 0 aromatic rings. The number of rotatable bonds is 1. The van der Waals surface area contributed by atoms with E-state index in [4.69, 9.17) is 5.11 Å². The smallest absolute Gasteiger partial charge is 0.0586 e. The third kappa shape index (κ3) is 4.05. The van der Waals surface area contributed by atoms with Crippen molar-refractivity contribution in [3.05, 3.63) is 0 Å². The van der Waals surface area contributed by atoms with E-state index in [1.807, 2.05) is 0 Å². The van der Waals surface area contributed by atoms with E-state index in [0.717, 1.165) is 6.54 Å². The molecule has 0 saturated carbocycles. The standard InChI is InChI=1S/C9H19NO.HI/c1-10-7-5-3-2-4-6-9(10)8-11;/h9,11H,2-8H2,1H3;1H. The number of hydrogen-bond donors (Lipinski definition) is 1. The molecule has 1 aliphatic rings. The number of aliphatic hydroxyl groups excluding tert-OH is 1. The fourth-order valence-electron chi connectivity index (χ4n) is 1.73. The van der Waals surface area contributed by atoms with E-state index in [9.17, 15) is 0 Å². The van der Waals surface area contributed by atoms with Gasteiger partial charge in [-0.15, -0.1) is 24.0 Å². The van der Waals surface area contributed by atoms with Gasteiger partial charge < -0.3 is 10.0 Å². The Balaban J connectivity index is 0.00000121. The van der Waals surface area contributed by atoms with Crippen molar-refractivity contribution >= 4 is 24.0 Å². The summed E-state index contributed by atoms with van der Waals surface area (Å²) in [6.45, 7) is 1.49. The Labute approximate surface area is 92.4 Å². The van der Waals surface area contributed by atoms with Crippen LogP contribution in [0.2, 0.25) is 0 Å². The Bertz CT molecular complexity index is 111. The summed E-state index contributed by atoms with van der Waals surface area (Å²) in [6, 6.07) is 0.426. The largest absolute Gasteiger partial charge is 0.395 e. The highest BCUT2D eigenvalue weighted by Crippen LogP contribution is 2.14. The first-order chi connectivity index (χ1) is 5.34. The normalized spacial score (nSPS) is 27.0. The van der Waals surface area contributed by atoms with Crippen LogP contribution in [0.3, 0.4) is 0 Å². The summed E-state index contributed by atoms with van der Waals surface area (Å²) in [5, 5.41) is 9.04. The van der Waals surface area contributed by atoms with E-state index in [1.54, 1.807) is 0 Å². The van der Waals surface area contributed by atoms with Crippen LogP contribution in [-0.4, -0.2) is 36.2 Å².